The van der Waals surface area contributed by atoms with Gasteiger partial charge in [-0.1, -0.05) is 36.4 Å². The maximum Gasteiger partial charge on any atom is 0.364 e. The number of esters is 2. The molecule has 2 N–H and O–H groups in total. The number of rotatable bonds is 9. The highest BCUT2D eigenvalue weighted by Crippen LogP contribution is 2.25. The molecule has 3 heterocycles. The molecule has 2 aromatic carbocycles. The number of hydrogen-bond acceptors (Lipinski definition) is 8. The van der Waals surface area contributed by atoms with Crippen molar-refractivity contribution >= 4 is 17.5 Å². The van der Waals surface area contributed by atoms with Gasteiger partial charge in [-0.25, -0.2) is 14.3 Å². The third-order valence-corrected chi connectivity index (χ3v) is 6.60. The van der Waals surface area contributed by atoms with Crippen LogP contribution in [-0.4, -0.2) is 51.1 Å². The Balaban J connectivity index is 1.54. The Morgan fingerprint density at radius 2 is 1.84 bits per heavy atom. The normalized spacial score (nSPS) is 13.6. The largest absolute Gasteiger partial charge is 0.466 e. The van der Waals surface area contributed by atoms with Crippen LogP contribution >= 0.6 is 0 Å². The van der Waals surface area contributed by atoms with Crippen molar-refractivity contribution in [3.8, 4) is 17.1 Å². The molecule has 5 rings (SSSR count). The lowest BCUT2D eigenvalue weighted by Crippen LogP contribution is -2.21. The molecule has 196 valence electrons. The molecule has 0 saturated carbocycles. The van der Waals surface area contributed by atoms with Crippen LogP contribution in [0.4, 0.5) is 0 Å². The van der Waals surface area contributed by atoms with Gasteiger partial charge in [-0.3, -0.25) is 9.69 Å². The molecule has 1 aliphatic heterocycles. The zero-order valence-electron chi connectivity index (χ0n) is 21.4. The molecule has 1 saturated heterocycles. The average Bonchev–Trinajstić information content (AvgIpc) is 3.60. The van der Waals surface area contributed by atoms with E-state index < -0.39 is 5.97 Å². The Morgan fingerprint density at radius 1 is 1.03 bits per heavy atom. The van der Waals surface area contributed by atoms with E-state index >= 15 is 0 Å². The zero-order chi connectivity index (χ0) is 26.5. The highest BCUT2D eigenvalue weighted by atomic mass is 16.5. The van der Waals surface area contributed by atoms with Crippen molar-refractivity contribution in [1.82, 2.24) is 19.5 Å². The smallest absolute Gasteiger partial charge is 0.364 e. The number of carbonyl (C=O) groups is 2. The molecule has 2 aromatic heterocycles. The van der Waals surface area contributed by atoms with E-state index in [1.807, 2.05) is 36.4 Å². The van der Waals surface area contributed by atoms with Crippen molar-refractivity contribution in [2.75, 3.05) is 19.7 Å². The van der Waals surface area contributed by atoms with Gasteiger partial charge in [0.2, 0.25) is 0 Å². The molecule has 0 spiro atoms. The van der Waals surface area contributed by atoms with Gasteiger partial charge in [0.05, 0.1) is 24.2 Å². The number of benzene rings is 2. The SMILES string of the molecule is CCOC(=O)Cc1ccccc1OC(=O)c1nc(-c2cccc(CN)c2)nn2c(CN3CCCC3)ccc12. The van der Waals surface area contributed by atoms with Crippen LogP contribution in [0, 0.1) is 0 Å². The van der Waals surface area contributed by atoms with Crippen molar-refractivity contribution in [2.45, 2.75) is 39.3 Å². The molecule has 0 unspecified atom stereocenters. The maximum atomic E-state index is 13.6. The van der Waals surface area contributed by atoms with Gasteiger partial charge in [0.15, 0.2) is 11.5 Å². The standard InChI is InChI=1S/C29H31N5O4/c1-2-37-26(35)17-21-9-3-4-11-25(21)38-29(36)27-24-13-12-23(19-33-14-5-6-15-33)34(24)32-28(31-27)22-10-7-8-20(16-22)18-30/h3-4,7-13,16H,2,5-6,14-15,17-19,30H2,1H3. The molecule has 0 radical (unpaired) electrons. The molecule has 4 aromatic rings. The number of para-hydroxylation sites is 1. The fraction of sp³-hybridized carbons (Fsp3) is 0.310. The average molecular weight is 514 g/mol. The van der Waals surface area contributed by atoms with Crippen molar-refractivity contribution in [3.63, 3.8) is 0 Å². The highest BCUT2D eigenvalue weighted by Gasteiger charge is 2.23. The number of aromatic nitrogens is 3. The van der Waals surface area contributed by atoms with Crippen LogP contribution in [0.15, 0.2) is 60.7 Å². The Hall–Kier alpha value is -4.08. The first-order valence-corrected chi connectivity index (χ1v) is 12.9. The van der Waals surface area contributed by atoms with E-state index in [1.54, 1.807) is 35.7 Å². The molecular formula is C29H31N5O4. The second-order valence-electron chi connectivity index (χ2n) is 9.27. The van der Waals surface area contributed by atoms with Crippen LogP contribution in [0.5, 0.6) is 5.75 Å². The number of likely N-dealkylation sites (tertiary alicyclic amines) is 1. The molecular weight excluding hydrogens is 482 g/mol. The molecule has 0 amide bonds. The van der Waals surface area contributed by atoms with Crippen LogP contribution in [0.2, 0.25) is 0 Å². The van der Waals surface area contributed by atoms with Crippen molar-refractivity contribution in [2.24, 2.45) is 5.73 Å². The van der Waals surface area contributed by atoms with Gasteiger partial charge in [-0.05, 0) is 62.7 Å². The van der Waals surface area contributed by atoms with Crippen LogP contribution in [0.25, 0.3) is 16.9 Å². The molecule has 9 heteroatoms. The Morgan fingerprint density at radius 3 is 2.63 bits per heavy atom. The second-order valence-corrected chi connectivity index (χ2v) is 9.27. The summed E-state index contributed by atoms with van der Waals surface area (Å²) in [6.07, 6.45) is 2.36. The van der Waals surface area contributed by atoms with Gasteiger partial charge < -0.3 is 15.2 Å². The van der Waals surface area contributed by atoms with Gasteiger partial charge in [-0.15, -0.1) is 5.10 Å². The fourth-order valence-corrected chi connectivity index (χ4v) is 4.71. The molecule has 9 nitrogen and oxygen atoms in total. The van der Waals surface area contributed by atoms with Crippen LogP contribution in [0.3, 0.4) is 0 Å². The molecule has 0 atom stereocenters. The van der Waals surface area contributed by atoms with E-state index in [-0.39, 0.29) is 30.4 Å². The lowest BCUT2D eigenvalue weighted by Gasteiger charge is -2.15. The van der Waals surface area contributed by atoms with Crippen LogP contribution in [0.1, 0.15) is 47.1 Å². The zero-order valence-corrected chi connectivity index (χ0v) is 21.4. The van der Waals surface area contributed by atoms with Crippen molar-refractivity contribution in [3.05, 3.63) is 83.2 Å². The van der Waals surface area contributed by atoms with E-state index in [0.29, 0.717) is 23.4 Å². The molecule has 0 aliphatic carbocycles. The quantitative estimate of drug-likeness (QED) is 0.266. The number of hydrogen-bond donors (Lipinski definition) is 1. The molecule has 1 aliphatic rings. The lowest BCUT2D eigenvalue weighted by molar-refractivity contribution is -0.142. The summed E-state index contributed by atoms with van der Waals surface area (Å²) in [6.45, 7) is 5.21. The minimum atomic E-state index is -0.629. The third-order valence-electron chi connectivity index (χ3n) is 6.60. The number of carbonyl (C=O) groups excluding carboxylic acids is 2. The second kappa shape index (κ2) is 11.5. The summed E-state index contributed by atoms with van der Waals surface area (Å²) in [4.78, 5) is 32.7. The summed E-state index contributed by atoms with van der Waals surface area (Å²) in [6, 6.07) is 18.4. The summed E-state index contributed by atoms with van der Waals surface area (Å²) in [5.41, 5.74) is 9.79. The Labute approximate surface area is 221 Å². The summed E-state index contributed by atoms with van der Waals surface area (Å²) in [7, 11) is 0. The first-order chi connectivity index (χ1) is 18.6. The van der Waals surface area contributed by atoms with Gasteiger partial charge >= 0.3 is 11.9 Å². The van der Waals surface area contributed by atoms with Crippen LogP contribution in [-0.2, 0) is 29.0 Å². The third kappa shape index (κ3) is 5.58. The Bertz CT molecular complexity index is 1460. The minimum Gasteiger partial charge on any atom is -0.466 e. The minimum absolute atomic E-state index is 0.00127. The van der Waals surface area contributed by atoms with Gasteiger partial charge in [0.1, 0.15) is 5.75 Å². The molecule has 1 fully saturated rings. The summed E-state index contributed by atoms with van der Waals surface area (Å²) in [5.74, 6) is -0.326. The number of nitrogens with two attached hydrogens (primary N) is 1. The van der Waals surface area contributed by atoms with Gasteiger partial charge in [-0.2, -0.15) is 0 Å². The number of nitrogens with zero attached hydrogens (tertiary/aromatic N) is 4. The van der Waals surface area contributed by atoms with Gasteiger partial charge in [0, 0.05) is 24.2 Å². The predicted molar refractivity (Wildman–Crippen MR) is 143 cm³/mol. The predicted octanol–water partition coefficient (Wildman–Crippen LogP) is 3.78. The number of ether oxygens (including phenoxy) is 2. The number of fused-ring (bicyclic) bond motifs is 1. The molecule has 38 heavy (non-hydrogen) atoms. The van der Waals surface area contributed by atoms with E-state index in [9.17, 15) is 9.59 Å². The fourth-order valence-electron chi connectivity index (χ4n) is 4.71. The van der Waals surface area contributed by atoms with E-state index in [2.05, 4.69) is 9.88 Å². The first-order valence-electron chi connectivity index (χ1n) is 12.9. The summed E-state index contributed by atoms with van der Waals surface area (Å²) >= 11 is 0. The van der Waals surface area contributed by atoms with Crippen molar-refractivity contribution in [1.29, 1.82) is 0 Å². The first kappa shape index (κ1) is 25.6. The lowest BCUT2D eigenvalue weighted by atomic mass is 10.1. The Kier molecular flexibility index (Phi) is 7.76. The van der Waals surface area contributed by atoms with Crippen LogP contribution < -0.4 is 10.5 Å². The topological polar surface area (TPSA) is 112 Å². The van der Waals surface area contributed by atoms with Gasteiger partial charge in [0.25, 0.3) is 0 Å². The van der Waals surface area contributed by atoms with Crippen molar-refractivity contribution < 1.29 is 19.1 Å². The van der Waals surface area contributed by atoms with E-state index in [1.165, 1.54) is 12.8 Å². The highest BCUT2D eigenvalue weighted by molar-refractivity contribution is 5.96. The molecule has 0 bridgehead atoms. The maximum absolute atomic E-state index is 13.6. The van der Waals surface area contributed by atoms with E-state index in [0.717, 1.165) is 36.5 Å². The summed E-state index contributed by atoms with van der Waals surface area (Å²) < 4.78 is 12.7. The monoisotopic (exact) mass is 513 g/mol. The summed E-state index contributed by atoms with van der Waals surface area (Å²) in [5, 5.41) is 4.82. The van der Waals surface area contributed by atoms with E-state index in [4.69, 9.17) is 20.3 Å².